The predicted molar refractivity (Wildman–Crippen MR) is 91.2 cm³/mol. The maximum absolute atomic E-state index is 13.7. The molecule has 1 aromatic carbocycles. The summed E-state index contributed by atoms with van der Waals surface area (Å²) >= 11 is 5.84. The molecule has 2 aromatic rings. The van der Waals surface area contributed by atoms with E-state index in [9.17, 15) is 9.18 Å². The van der Waals surface area contributed by atoms with Gasteiger partial charge in [0.15, 0.2) is 6.54 Å². The number of nitrogens with zero attached hydrogens (tertiary/aromatic N) is 1. The van der Waals surface area contributed by atoms with Gasteiger partial charge in [-0.05, 0) is 25.1 Å². The fourth-order valence-corrected chi connectivity index (χ4v) is 3.25. The third kappa shape index (κ3) is 5.01. The first-order valence-corrected chi connectivity index (χ1v) is 8.71. The van der Waals surface area contributed by atoms with Gasteiger partial charge < -0.3 is 19.6 Å². The molecular formula is C17H22ClFN4O2+2. The number of piperazine rings is 1. The number of nitrogens with one attached hydrogen (secondary N) is 3. The largest absolute Gasteiger partial charge is 0.361 e. The van der Waals surface area contributed by atoms with Gasteiger partial charge in [0.25, 0.3) is 5.91 Å². The van der Waals surface area contributed by atoms with Crippen LogP contribution in [0.1, 0.15) is 11.5 Å². The van der Waals surface area contributed by atoms with Crippen molar-refractivity contribution in [2.24, 2.45) is 0 Å². The van der Waals surface area contributed by atoms with E-state index in [0.29, 0.717) is 11.6 Å². The highest BCUT2D eigenvalue weighted by Crippen LogP contribution is 2.19. The first-order valence-electron chi connectivity index (χ1n) is 8.34. The number of hydrogen-bond acceptors (Lipinski definition) is 3. The van der Waals surface area contributed by atoms with Crippen molar-refractivity contribution in [3.05, 3.63) is 46.6 Å². The monoisotopic (exact) mass is 368 g/mol. The Hall–Kier alpha value is -1.96. The lowest BCUT2D eigenvalue weighted by Gasteiger charge is -2.28. The third-order valence-electron chi connectivity index (χ3n) is 4.39. The number of halogens is 2. The molecule has 6 nitrogen and oxygen atoms in total. The normalized spacial score (nSPS) is 20.4. The Labute approximate surface area is 150 Å². The van der Waals surface area contributed by atoms with Crippen molar-refractivity contribution < 1.29 is 23.5 Å². The number of anilines is 1. The van der Waals surface area contributed by atoms with Gasteiger partial charge in [0.2, 0.25) is 0 Å². The topological polar surface area (TPSA) is 64.0 Å². The van der Waals surface area contributed by atoms with Gasteiger partial charge in [-0.3, -0.25) is 4.79 Å². The zero-order valence-corrected chi connectivity index (χ0v) is 14.8. The highest BCUT2D eigenvalue weighted by molar-refractivity contribution is 6.30. The molecule has 3 rings (SSSR count). The smallest absolute Gasteiger partial charge is 0.279 e. The van der Waals surface area contributed by atoms with Gasteiger partial charge in [-0.25, -0.2) is 4.39 Å². The molecule has 1 fully saturated rings. The maximum atomic E-state index is 13.7. The number of benzene rings is 1. The number of hydrogen-bond donors (Lipinski definition) is 3. The van der Waals surface area contributed by atoms with Crippen molar-refractivity contribution in [1.82, 2.24) is 5.16 Å². The van der Waals surface area contributed by atoms with Gasteiger partial charge in [-0.15, -0.1) is 0 Å². The second-order valence-electron chi connectivity index (χ2n) is 6.45. The lowest BCUT2D eigenvalue weighted by Crippen LogP contribution is -3.28. The van der Waals surface area contributed by atoms with E-state index in [1.54, 1.807) is 0 Å². The molecule has 0 bridgehead atoms. The Morgan fingerprint density at radius 3 is 2.68 bits per heavy atom. The quantitative estimate of drug-likeness (QED) is 0.679. The molecular weight excluding hydrogens is 347 g/mol. The number of rotatable bonds is 5. The summed E-state index contributed by atoms with van der Waals surface area (Å²) < 4.78 is 18.8. The van der Waals surface area contributed by atoms with Crippen LogP contribution in [-0.4, -0.2) is 43.8 Å². The molecule has 1 aliphatic heterocycles. The molecule has 0 aliphatic carbocycles. The van der Waals surface area contributed by atoms with Crippen LogP contribution in [0, 0.1) is 12.7 Å². The minimum absolute atomic E-state index is 0.127. The summed E-state index contributed by atoms with van der Waals surface area (Å²) in [6.45, 7) is 6.73. The molecule has 1 aromatic heterocycles. The number of aryl methyl sites for hydroxylation is 1. The number of amides is 1. The second-order valence-corrected chi connectivity index (χ2v) is 6.89. The van der Waals surface area contributed by atoms with Crippen LogP contribution in [0.5, 0.6) is 0 Å². The fraction of sp³-hybridized carbons (Fsp3) is 0.412. The van der Waals surface area contributed by atoms with Crippen LogP contribution in [0.2, 0.25) is 5.02 Å². The average Bonchev–Trinajstić information content (AvgIpc) is 2.98. The van der Waals surface area contributed by atoms with E-state index in [4.69, 9.17) is 16.1 Å². The molecule has 0 unspecified atom stereocenters. The number of carbonyl (C=O) groups excluding carboxylic acids is 1. The molecule has 25 heavy (non-hydrogen) atoms. The van der Waals surface area contributed by atoms with Crippen LogP contribution in [0.4, 0.5) is 10.1 Å². The van der Waals surface area contributed by atoms with Gasteiger partial charge in [-0.1, -0.05) is 16.8 Å². The number of aromatic nitrogens is 1. The van der Waals surface area contributed by atoms with Crippen LogP contribution in [0.25, 0.3) is 0 Å². The van der Waals surface area contributed by atoms with Crippen LogP contribution in [0.3, 0.4) is 0 Å². The molecule has 0 radical (unpaired) electrons. The first kappa shape index (κ1) is 17.8. The third-order valence-corrected chi connectivity index (χ3v) is 4.62. The second kappa shape index (κ2) is 7.95. The van der Waals surface area contributed by atoms with Gasteiger partial charge in [0.1, 0.15) is 50.0 Å². The molecule has 0 atom stereocenters. The van der Waals surface area contributed by atoms with E-state index in [-0.39, 0.29) is 11.6 Å². The molecule has 134 valence electrons. The Balaban J connectivity index is 1.45. The summed E-state index contributed by atoms with van der Waals surface area (Å²) in [6, 6.07) is 6.08. The zero-order chi connectivity index (χ0) is 17.8. The van der Waals surface area contributed by atoms with Gasteiger partial charge >= 0.3 is 0 Å². The van der Waals surface area contributed by atoms with Crippen molar-refractivity contribution >= 4 is 23.2 Å². The SMILES string of the molecule is Cc1cc(C[NH+]2CC[NH+](CC(=O)Nc3cc(Cl)ccc3F)CC2)no1. The standard InChI is InChI=1S/C17H20ClFN4O2/c1-12-8-14(21-25-12)10-22-4-6-23(7-5-22)11-17(24)20-16-9-13(18)2-3-15(16)19/h2-3,8-9H,4-7,10-11H2,1H3,(H,20,24)/p+2. The van der Waals surface area contributed by atoms with Crippen LogP contribution in [-0.2, 0) is 11.3 Å². The molecule has 1 saturated heterocycles. The molecule has 3 N–H and O–H groups in total. The van der Waals surface area contributed by atoms with Crippen molar-refractivity contribution in [2.45, 2.75) is 13.5 Å². The summed E-state index contributed by atoms with van der Waals surface area (Å²) in [5, 5.41) is 7.02. The number of carbonyl (C=O) groups is 1. The highest BCUT2D eigenvalue weighted by atomic mass is 35.5. The Morgan fingerprint density at radius 1 is 1.28 bits per heavy atom. The lowest BCUT2D eigenvalue weighted by molar-refractivity contribution is -1.02. The van der Waals surface area contributed by atoms with Crippen LogP contribution < -0.4 is 15.1 Å². The zero-order valence-electron chi connectivity index (χ0n) is 14.1. The van der Waals surface area contributed by atoms with Crippen molar-refractivity contribution in [2.75, 3.05) is 38.0 Å². The Bertz CT molecular complexity index is 744. The van der Waals surface area contributed by atoms with Crippen molar-refractivity contribution in [3.8, 4) is 0 Å². The summed E-state index contributed by atoms with van der Waals surface area (Å²) in [5.74, 6) is 0.139. The number of quaternary nitrogens is 2. The van der Waals surface area contributed by atoms with E-state index >= 15 is 0 Å². The van der Waals surface area contributed by atoms with Gasteiger partial charge in [0, 0.05) is 11.1 Å². The van der Waals surface area contributed by atoms with E-state index in [2.05, 4.69) is 10.5 Å². The Kier molecular flexibility index (Phi) is 5.67. The average molecular weight is 369 g/mol. The van der Waals surface area contributed by atoms with E-state index < -0.39 is 5.82 Å². The summed E-state index contributed by atoms with van der Waals surface area (Å²) in [7, 11) is 0. The van der Waals surface area contributed by atoms with E-state index in [1.807, 2.05) is 13.0 Å². The molecule has 1 amide bonds. The van der Waals surface area contributed by atoms with Crippen molar-refractivity contribution in [3.63, 3.8) is 0 Å². The van der Waals surface area contributed by atoms with Crippen LogP contribution >= 0.6 is 11.6 Å². The molecule has 0 spiro atoms. The lowest BCUT2D eigenvalue weighted by atomic mass is 10.2. The summed E-state index contributed by atoms with van der Waals surface area (Å²) in [5.41, 5.74) is 1.09. The van der Waals surface area contributed by atoms with Gasteiger partial charge in [0.05, 0.1) is 5.69 Å². The molecule has 0 saturated carbocycles. The minimum atomic E-state index is -0.482. The van der Waals surface area contributed by atoms with E-state index in [1.165, 1.54) is 28.0 Å². The fourth-order valence-electron chi connectivity index (χ4n) is 3.08. The van der Waals surface area contributed by atoms with Gasteiger partial charge in [-0.2, -0.15) is 0 Å². The minimum Gasteiger partial charge on any atom is -0.361 e. The molecule has 8 heteroatoms. The maximum Gasteiger partial charge on any atom is 0.279 e. The predicted octanol–water partition coefficient (Wildman–Crippen LogP) is -0.302. The first-order chi connectivity index (χ1) is 12.0. The summed E-state index contributed by atoms with van der Waals surface area (Å²) in [4.78, 5) is 14.8. The summed E-state index contributed by atoms with van der Waals surface area (Å²) in [6.07, 6.45) is 0. The molecule has 2 heterocycles. The Morgan fingerprint density at radius 2 is 2.00 bits per heavy atom. The van der Waals surface area contributed by atoms with Crippen LogP contribution in [0.15, 0.2) is 28.8 Å². The highest BCUT2D eigenvalue weighted by Gasteiger charge is 2.25. The molecule has 1 aliphatic rings. The van der Waals surface area contributed by atoms with E-state index in [0.717, 1.165) is 44.2 Å². The van der Waals surface area contributed by atoms with Crippen molar-refractivity contribution in [1.29, 1.82) is 0 Å².